The van der Waals surface area contributed by atoms with Crippen molar-refractivity contribution < 1.29 is 13.2 Å². The van der Waals surface area contributed by atoms with E-state index in [9.17, 15) is 8.42 Å². The van der Waals surface area contributed by atoms with Gasteiger partial charge in [0.1, 0.15) is 11.4 Å². The number of hydrogen-bond donors (Lipinski definition) is 0. The molecule has 162 valence electrons. The third-order valence-corrected chi connectivity index (χ3v) is 8.51. The van der Waals surface area contributed by atoms with E-state index in [0.29, 0.717) is 10.9 Å². The summed E-state index contributed by atoms with van der Waals surface area (Å²) in [7, 11) is -3.19. The van der Waals surface area contributed by atoms with Crippen molar-refractivity contribution in [3.05, 3.63) is 58.7 Å². The fourth-order valence-electron chi connectivity index (χ4n) is 5.49. The molecule has 31 heavy (non-hydrogen) atoms. The van der Waals surface area contributed by atoms with Crippen LogP contribution < -0.4 is 4.74 Å². The largest absolute Gasteiger partial charge is 0.487 e. The summed E-state index contributed by atoms with van der Waals surface area (Å²) in [5, 5.41) is 9.13. The maximum absolute atomic E-state index is 11.8. The molecular weight excluding hydrogens is 408 g/mol. The standard InChI is InChI=1S/C25H28N2O3S/c1-31(28,29)23-6-7-24-21(16-23)8-9-25(30-24)10-12-27(13-11-25)22-5-4-19-14-18(17-26)2-3-20(19)15-22/h2-3,6-7,14,16,22H,4-5,8-13,15H2,1H3. The van der Waals surface area contributed by atoms with Crippen LogP contribution in [0.1, 0.15) is 47.9 Å². The Morgan fingerprint density at radius 1 is 1.03 bits per heavy atom. The number of rotatable bonds is 2. The number of hydrogen-bond acceptors (Lipinski definition) is 5. The predicted octanol–water partition coefficient (Wildman–Crippen LogP) is 3.68. The summed E-state index contributed by atoms with van der Waals surface area (Å²) < 4.78 is 30.2. The van der Waals surface area contributed by atoms with E-state index in [4.69, 9.17) is 10.00 Å². The van der Waals surface area contributed by atoms with E-state index in [0.717, 1.165) is 74.9 Å². The molecule has 0 saturated carbocycles. The topological polar surface area (TPSA) is 70.4 Å². The van der Waals surface area contributed by atoms with Gasteiger partial charge < -0.3 is 4.74 Å². The van der Waals surface area contributed by atoms with Crippen molar-refractivity contribution in [1.82, 2.24) is 4.90 Å². The Balaban J connectivity index is 1.24. The monoisotopic (exact) mass is 436 g/mol. The second-order valence-electron chi connectivity index (χ2n) is 9.35. The van der Waals surface area contributed by atoms with Gasteiger partial charge in [-0.25, -0.2) is 8.42 Å². The fourth-order valence-corrected chi connectivity index (χ4v) is 6.17. The predicted molar refractivity (Wildman–Crippen MR) is 119 cm³/mol. The number of aryl methyl sites for hydroxylation is 2. The molecule has 2 aromatic carbocycles. The molecule has 0 aromatic heterocycles. The number of nitriles is 1. The van der Waals surface area contributed by atoms with E-state index in [2.05, 4.69) is 23.1 Å². The summed E-state index contributed by atoms with van der Waals surface area (Å²) >= 11 is 0. The molecule has 1 saturated heterocycles. The number of fused-ring (bicyclic) bond motifs is 2. The first-order chi connectivity index (χ1) is 14.9. The molecule has 2 aromatic rings. The highest BCUT2D eigenvalue weighted by Gasteiger charge is 2.41. The van der Waals surface area contributed by atoms with Gasteiger partial charge in [0.05, 0.1) is 16.5 Å². The highest BCUT2D eigenvalue weighted by Crippen LogP contribution is 2.41. The SMILES string of the molecule is CS(=O)(=O)c1ccc2c(c1)CCC1(CCN(C3CCc4cc(C#N)ccc4C3)CC1)O2. The highest BCUT2D eigenvalue weighted by molar-refractivity contribution is 7.90. The molecule has 0 radical (unpaired) electrons. The van der Waals surface area contributed by atoms with Gasteiger partial charge in [0.2, 0.25) is 0 Å². The molecule has 3 aliphatic rings. The maximum Gasteiger partial charge on any atom is 0.175 e. The number of ether oxygens (including phenoxy) is 1. The lowest BCUT2D eigenvalue weighted by Gasteiger charge is -2.47. The van der Waals surface area contributed by atoms with Crippen LogP contribution in [0.15, 0.2) is 41.3 Å². The van der Waals surface area contributed by atoms with E-state index in [1.54, 1.807) is 12.1 Å². The van der Waals surface area contributed by atoms with Crippen LogP contribution in [0.5, 0.6) is 5.75 Å². The second kappa shape index (κ2) is 7.65. The summed E-state index contributed by atoms with van der Waals surface area (Å²) in [5.74, 6) is 0.854. The quantitative estimate of drug-likeness (QED) is 0.718. The van der Waals surface area contributed by atoms with Gasteiger partial charge in [-0.15, -0.1) is 0 Å². The van der Waals surface area contributed by atoms with Gasteiger partial charge in [0.25, 0.3) is 0 Å². The molecule has 1 aliphatic carbocycles. The third-order valence-electron chi connectivity index (χ3n) is 7.40. The van der Waals surface area contributed by atoms with Gasteiger partial charge in [-0.2, -0.15) is 5.26 Å². The van der Waals surface area contributed by atoms with Crippen molar-refractivity contribution in [2.24, 2.45) is 0 Å². The van der Waals surface area contributed by atoms with E-state index in [-0.39, 0.29) is 5.60 Å². The molecule has 0 N–H and O–H groups in total. The molecule has 2 heterocycles. The van der Waals surface area contributed by atoms with Crippen LogP contribution in [-0.2, 0) is 29.1 Å². The van der Waals surface area contributed by atoms with E-state index < -0.39 is 9.84 Å². The average Bonchev–Trinajstić information content (AvgIpc) is 2.78. The van der Waals surface area contributed by atoms with Crippen LogP contribution in [0, 0.1) is 11.3 Å². The Labute approximate surface area is 184 Å². The number of nitrogens with zero attached hydrogens (tertiary/aromatic N) is 2. The van der Waals surface area contributed by atoms with Crippen molar-refractivity contribution in [3.63, 3.8) is 0 Å². The number of benzene rings is 2. The first-order valence-electron chi connectivity index (χ1n) is 11.1. The maximum atomic E-state index is 11.8. The molecule has 6 heteroatoms. The summed E-state index contributed by atoms with van der Waals surface area (Å²) in [4.78, 5) is 3.00. The fraction of sp³-hybridized carbons (Fsp3) is 0.480. The number of sulfone groups is 1. The van der Waals surface area contributed by atoms with Gasteiger partial charge in [-0.3, -0.25) is 4.90 Å². The van der Waals surface area contributed by atoms with Gasteiger partial charge in [-0.05, 0) is 92.0 Å². The zero-order valence-electron chi connectivity index (χ0n) is 17.9. The Morgan fingerprint density at radius 2 is 1.84 bits per heavy atom. The van der Waals surface area contributed by atoms with Crippen molar-refractivity contribution in [3.8, 4) is 11.8 Å². The van der Waals surface area contributed by atoms with Crippen LogP contribution in [0.25, 0.3) is 0 Å². The minimum atomic E-state index is -3.19. The van der Waals surface area contributed by atoms with Crippen LogP contribution in [-0.4, -0.2) is 44.3 Å². The molecule has 1 spiro atoms. The van der Waals surface area contributed by atoms with Crippen molar-refractivity contribution >= 4 is 9.84 Å². The van der Waals surface area contributed by atoms with Crippen molar-refractivity contribution in [1.29, 1.82) is 5.26 Å². The lowest BCUT2D eigenvalue weighted by atomic mass is 9.81. The molecule has 5 rings (SSSR count). The Bertz CT molecular complexity index is 1160. The molecule has 0 amide bonds. The van der Waals surface area contributed by atoms with Crippen LogP contribution in [0.3, 0.4) is 0 Å². The lowest BCUT2D eigenvalue weighted by molar-refractivity contribution is -0.0260. The second-order valence-corrected chi connectivity index (χ2v) is 11.4. The van der Waals surface area contributed by atoms with Crippen LogP contribution >= 0.6 is 0 Å². The highest BCUT2D eigenvalue weighted by atomic mass is 32.2. The minimum absolute atomic E-state index is 0.121. The van der Waals surface area contributed by atoms with E-state index >= 15 is 0 Å². The Hall–Kier alpha value is -2.36. The molecule has 1 fully saturated rings. The van der Waals surface area contributed by atoms with Crippen molar-refractivity contribution in [2.45, 2.75) is 61.5 Å². The zero-order chi connectivity index (χ0) is 21.6. The van der Waals surface area contributed by atoms with Gasteiger partial charge in [0.15, 0.2) is 9.84 Å². The van der Waals surface area contributed by atoms with Crippen LogP contribution in [0.4, 0.5) is 0 Å². The zero-order valence-corrected chi connectivity index (χ0v) is 18.7. The summed E-state index contributed by atoms with van der Waals surface area (Å²) in [5.41, 5.74) is 4.38. The summed E-state index contributed by atoms with van der Waals surface area (Å²) in [6.45, 7) is 2.07. The van der Waals surface area contributed by atoms with E-state index in [1.807, 2.05) is 12.1 Å². The van der Waals surface area contributed by atoms with Gasteiger partial charge in [-0.1, -0.05) is 6.07 Å². The minimum Gasteiger partial charge on any atom is -0.487 e. The Kier molecular flexibility index (Phi) is 5.07. The van der Waals surface area contributed by atoms with Gasteiger partial charge in [0, 0.05) is 25.4 Å². The number of piperidine rings is 1. The normalized spacial score (nSPS) is 22.8. The Morgan fingerprint density at radius 3 is 2.58 bits per heavy atom. The smallest absolute Gasteiger partial charge is 0.175 e. The summed E-state index contributed by atoms with van der Waals surface area (Å²) in [6, 6.07) is 14.2. The van der Waals surface area contributed by atoms with E-state index in [1.165, 1.54) is 17.4 Å². The van der Waals surface area contributed by atoms with Crippen molar-refractivity contribution in [2.75, 3.05) is 19.3 Å². The molecule has 1 atom stereocenters. The number of likely N-dealkylation sites (tertiary alicyclic amines) is 1. The van der Waals surface area contributed by atoms with Gasteiger partial charge >= 0.3 is 0 Å². The summed E-state index contributed by atoms with van der Waals surface area (Å²) in [6.07, 6.45) is 8.35. The third kappa shape index (κ3) is 3.97. The molecular formula is C25H28N2O3S. The molecule has 2 aliphatic heterocycles. The lowest BCUT2D eigenvalue weighted by Crippen LogP contribution is -2.53. The molecule has 5 nitrogen and oxygen atoms in total. The average molecular weight is 437 g/mol. The molecule has 1 unspecified atom stereocenters. The van der Waals surface area contributed by atoms with Crippen LogP contribution in [0.2, 0.25) is 0 Å². The first-order valence-corrected chi connectivity index (χ1v) is 13.0. The first kappa shape index (κ1) is 20.5. The molecule has 0 bridgehead atoms.